The van der Waals surface area contributed by atoms with Gasteiger partial charge in [0.1, 0.15) is 0 Å². The van der Waals surface area contributed by atoms with Crippen molar-refractivity contribution >= 4 is 21.6 Å². The van der Waals surface area contributed by atoms with Crippen molar-refractivity contribution in [2.45, 2.75) is 18.3 Å². The average Bonchev–Trinajstić information content (AvgIpc) is 2.91. The van der Waals surface area contributed by atoms with Crippen LogP contribution in [-0.2, 0) is 22.3 Å². The Bertz CT molecular complexity index is 857. The molecule has 0 amide bonds. The van der Waals surface area contributed by atoms with E-state index in [9.17, 15) is 8.42 Å². The molecule has 0 unspecified atom stereocenters. The predicted molar refractivity (Wildman–Crippen MR) is 99.8 cm³/mol. The van der Waals surface area contributed by atoms with Gasteiger partial charge in [0.15, 0.2) is 0 Å². The highest BCUT2D eigenvalue weighted by Crippen LogP contribution is 2.35. The van der Waals surface area contributed by atoms with Crippen molar-refractivity contribution in [2.75, 3.05) is 19.6 Å². The molecule has 0 spiro atoms. The van der Waals surface area contributed by atoms with Gasteiger partial charge in [-0.15, -0.1) is 0 Å². The molecule has 2 atom stereocenters. The van der Waals surface area contributed by atoms with Gasteiger partial charge in [-0.25, -0.2) is 8.42 Å². The normalized spacial score (nSPS) is 24.0. The molecule has 4 rings (SSSR count). The van der Waals surface area contributed by atoms with Crippen molar-refractivity contribution in [3.63, 3.8) is 0 Å². The Morgan fingerprint density at radius 2 is 1.72 bits per heavy atom. The van der Waals surface area contributed by atoms with E-state index in [2.05, 4.69) is 11.0 Å². The topological polar surface area (TPSA) is 40.6 Å². The molecule has 2 fully saturated rings. The van der Waals surface area contributed by atoms with Crippen LogP contribution >= 0.6 is 11.6 Å². The monoisotopic (exact) mass is 376 g/mol. The Morgan fingerprint density at radius 1 is 0.960 bits per heavy atom. The highest BCUT2D eigenvalue weighted by Gasteiger charge is 2.48. The van der Waals surface area contributed by atoms with Crippen molar-refractivity contribution in [2.24, 2.45) is 5.92 Å². The van der Waals surface area contributed by atoms with Crippen molar-refractivity contribution < 1.29 is 8.42 Å². The van der Waals surface area contributed by atoms with E-state index in [-0.39, 0.29) is 5.75 Å². The maximum atomic E-state index is 12.7. The van der Waals surface area contributed by atoms with E-state index >= 15 is 0 Å². The van der Waals surface area contributed by atoms with Gasteiger partial charge in [-0.3, -0.25) is 4.90 Å². The standard InChI is InChI=1S/C19H21ClN2O2S/c20-18-8-4-7-16(9-18)10-21-11-17-12-22(13-19(17)21)25(23,24)14-15-5-2-1-3-6-15/h1-9,17,19H,10-14H2/t17-,19-/m0/s1. The van der Waals surface area contributed by atoms with Gasteiger partial charge in [-0.2, -0.15) is 4.31 Å². The molecule has 25 heavy (non-hydrogen) atoms. The molecule has 2 saturated heterocycles. The Balaban J connectivity index is 1.40. The highest BCUT2D eigenvalue weighted by atomic mass is 35.5. The van der Waals surface area contributed by atoms with Crippen LogP contribution in [0.15, 0.2) is 54.6 Å². The van der Waals surface area contributed by atoms with Crippen LogP contribution in [0.5, 0.6) is 0 Å². The molecule has 0 bridgehead atoms. The van der Waals surface area contributed by atoms with Crippen molar-refractivity contribution in [1.29, 1.82) is 0 Å². The number of sulfonamides is 1. The number of rotatable bonds is 5. The van der Waals surface area contributed by atoms with Crippen LogP contribution in [-0.4, -0.2) is 43.3 Å². The summed E-state index contributed by atoms with van der Waals surface area (Å²) in [5, 5.41) is 0.744. The summed E-state index contributed by atoms with van der Waals surface area (Å²) >= 11 is 6.05. The van der Waals surface area contributed by atoms with E-state index in [4.69, 9.17) is 11.6 Å². The lowest BCUT2D eigenvalue weighted by atomic mass is 9.91. The Morgan fingerprint density at radius 3 is 2.48 bits per heavy atom. The summed E-state index contributed by atoms with van der Waals surface area (Å²) in [6.07, 6.45) is 0. The predicted octanol–water partition coefficient (Wildman–Crippen LogP) is 2.99. The highest BCUT2D eigenvalue weighted by molar-refractivity contribution is 7.88. The molecule has 2 heterocycles. The zero-order valence-electron chi connectivity index (χ0n) is 13.9. The summed E-state index contributed by atoms with van der Waals surface area (Å²) in [6.45, 7) is 3.02. The molecule has 6 heteroatoms. The molecule has 2 aromatic rings. The van der Waals surface area contributed by atoms with Gasteiger partial charge in [-0.05, 0) is 23.3 Å². The summed E-state index contributed by atoms with van der Waals surface area (Å²) in [7, 11) is -3.26. The fourth-order valence-corrected chi connectivity index (χ4v) is 5.67. The Labute approximate surface area is 154 Å². The molecule has 4 nitrogen and oxygen atoms in total. The minimum Gasteiger partial charge on any atom is -0.294 e. The second kappa shape index (κ2) is 6.72. The number of benzene rings is 2. The number of fused-ring (bicyclic) bond motifs is 1. The van der Waals surface area contributed by atoms with Crippen LogP contribution in [0.2, 0.25) is 5.02 Å². The third kappa shape index (κ3) is 3.60. The molecule has 0 N–H and O–H groups in total. The lowest BCUT2D eigenvalue weighted by Gasteiger charge is -2.43. The van der Waals surface area contributed by atoms with Crippen LogP contribution in [0.3, 0.4) is 0 Å². The quantitative estimate of drug-likeness (QED) is 0.805. The molecule has 2 aromatic carbocycles. The first kappa shape index (κ1) is 17.0. The van der Waals surface area contributed by atoms with Gasteiger partial charge >= 0.3 is 0 Å². The zero-order valence-corrected chi connectivity index (χ0v) is 15.5. The van der Waals surface area contributed by atoms with Crippen LogP contribution in [0.25, 0.3) is 0 Å². The largest absolute Gasteiger partial charge is 0.294 e. The average molecular weight is 377 g/mol. The molecule has 2 aliphatic heterocycles. The van der Waals surface area contributed by atoms with Crippen molar-refractivity contribution in [3.05, 3.63) is 70.7 Å². The summed E-state index contributed by atoms with van der Waals surface area (Å²) in [6, 6.07) is 17.6. The van der Waals surface area contributed by atoms with Gasteiger partial charge in [0.05, 0.1) is 5.75 Å². The fourth-order valence-electron chi connectivity index (χ4n) is 3.86. The summed E-state index contributed by atoms with van der Waals surface area (Å²) in [4.78, 5) is 2.36. The van der Waals surface area contributed by atoms with Crippen LogP contribution in [0.1, 0.15) is 11.1 Å². The minimum absolute atomic E-state index is 0.0849. The molecule has 0 saturated carbocycles. The third-order valence-corrected chi connectivity index (χ3v) is 7.19. The molecule has 0 radical (unpaired) electrons. The minimum atomic E-state index is -3.26. The molecule has 0 aliphatic carbocycles. The number of hydrogen-bond acceptors (Lipinski definition) is 3. The Hall–Kier alpha value is -1.40. The number of nitrogens with zero attached hydrogens (tertiary/aromatic N) is 2. The molecular weight excluding hydrogens is 356 g/mol. The fraction of sp³-hybridized carbons (Fsp3) is 0.368. The van der Waals surface area contributed by atoms with E-state index in [1.165, 1.54) is 5.56 Å². The molecule has 2 aliphatic rings. The van der Waals surface area contributed by atoms with E-state index in [1.807, 2.05) is 48.5 Å². The molecular formula is C19H21ClN2O2S. The van der Waals surface area contributed by atoms with Gasteiger partial charge < -0.3 is 0 Å². The summed E-state index contributed by atoms with van der Waals surface area (Å²) in [5.41, 5.74) is 2.02. The number of hydrogen-bond donors (Lipinski definition) is 0. The second-order valence-electron chi connectivity index (χ2n) is 6.95. The maximum absolute atomic E-state index is 12.7. The first-order valence-electron chi connectivity index (χ1n) is 8.51. The zero-order chi connectivity index (χ0) is 17.4. The van der Waals surface area contributed by atoms with Crippen molar-refractivity contribution in [1.82, 2.24) is 9.21 Å². The van der Waals surface area contributed by atoms with E-state index in [0.29, 0.717) is 25.0 Å². The first-order valence-corrected chi connectivity index (χ1v) is 10.5. The van der Waals surface area contributed by atoms with E-state index in [0.717, 1.165) is 23.7 Å². The van der Waals surface area contributed by atoms with Crippen LogP contribution < -0.4 is 0 Å². The Kier molecular flexibility index (Phi) is 4.58. The third-order valence-electron chi connectivity index (χ3n) is 5.17. The summed E-state index contributed by atoms with van der Waals surface area (Å²) < 4.78 is 27.1. The molecule has 132 valence electrons. The van der Waals surface area contributed by atoms with Crippen molar-refractivity contribution in [3.8, 4) is 0 Å². The molecule has 0 aromatic heterocycles. The van der Waals surface area contributed by atoms with Crippen LogP contribution in [0.4, 0.5) is 0 Å². The number of halogens is 1. The lowest BCUT2D eigenvalue weighted by Crippen LogP contribution is -2.54. The van der Waals surface area contributed by atoms with E-state index < -0.39 is 10.0 Å². The van der Waals surface area contributed by atoms with Gasteiger partial charge in [0, 0.05) is 43.2 Å². The van der Waals surface area contributed by atoms with Gasteiger partial charge in [-0.1, -0.05) is 54.1 Å². The first-order chi connectivity index (χ1) is 12.0. The lowest BCUT2D eigenvalue weighted by molar-refractivity contribution is 0.0435. The van der Waals surface area contributed by atoms with Gasteiger partial charge in [0.25, 0.3) is 0 Å². The van der Waals surface area contributed by atoms with Crippen LogP contribution in [0, 0.1) is 5.92 Å². The van der Waals surface area contributed by atoms with Gasteiger partial charge in [0.2, 0.25) is 10.0 Å². The summed E-state index contributed by atoms with van der Waals surface area (Å²) in [5.74, 6) is 0.534. The smallest absolute Gasteiger partial charge is 0.218 e. The maximum Gasteiger partial charge on any atom is 0.218 e. The second-order valence-corrected chi connectivity index (χ2v) is 9.35. The number of likely N-dealkylation sites (tertiary alicyclic amines) is 1. The van der Waals surface area contributed by atoms with E-state index in [1.54, 1.807) is 4.31 Å². The SMILES string of the molecule is O=S(=O)(Cc1ccccc1)N1C[C@@H]2CN(Cc3cccc(Cl)c3)[C@H]2C1.